The first-order valence-corrected chi connectivity index (χ1v) is 28.2. The summed E-state index contributed by atoms with van der Waals surface area (Å²) in [4.78, 5) is 59.4. The Kier molecular flexibility index (Phi) is 16.9. The molecular formula is C64H54N6O8S3. The van der Waals surface area contributed by atoms with Crippen molar-refractivity contribution in [3.8, 4) is 54.8 Å². The topological polar surface area (TPSA) is 223 Å². The molecule has 10 rings (SSSR count). The van der Waals surface area contributed by atoms with E-state index in [0.717, 1.165) is 88.6 Å². The first kappa shape index (κ1) is 55.0. The number of aromatic nitrogens is 2. The molecule has 0 radical (unpaired) electrons. The van der Waals surface area contributed by atoms with Crippen LogP contribution in [0.2, 0.25) is 0 Å². The highest BCUT2D eigenvalue weighted by Crippen LogP contribution is 2.44. The number of nitrogens with one attached hydrogen (secondary N) is 3. The molecule has 0 saturated carbocycles. The number of carboxylic acids is 4. The van der Waals surface area contributed by atoms with Crippen LogP contribution in [0.1, 0.15) is 47.9 Å². The van der Waals surface area contributed by atoms with Crippen molar-refractivity contribution in [2.75, 3.05) is 9.80 Å². The molecule has 0 amide bonds. The summed E-state index contributed by atoms with van der Waals surface area (Å²) < 4.78 is 4.57. The van der Waals surface area contributed by atoms with Gasteiger partial charge < -0.3 is 40.2 Å². The standard InChI is InChI=1S/C64H54N6O8S3/c65-59-57(43-17-29-49(30-18-43)69(45-21-5-39(6-22-45)13-33-53(71)72)46-23-7-40(8-24-46)14-34-54(73)74)63-64(67-61(52-4-2-38-81-52)60(66-63)51-3-1-37-80-51)58(62(59)68-79)44-19-31-50(32-20-44)70(47-25-9-41(10-26-47)15-35-55(75)76)48-27-11-42(12-28-48)16-36-56(77)78/h1-12,17-32,37-38,65-67,79H,13-16,33-36H2,(H,71,72)(H,73,74)(H,75,76)(H,77,78). The molecule has 0 spiro atoms. The maximum Gasteiger partial charge on any atom is 0.303 e. The average molecular weight is 1130 g/mol. The zero-order valence-corrected chi connectivity index (χ0v) is 46.0. The lowest BCUT2D eigenvalue weighted by Crippen LogP contribution is -2.31. The summed E-state index contributed by atoms with van der Waals surface area (Å²) in [7, 11) is 0. The Morgan fingerprint density at radius 1 is 0.420 bits per heavy atom. The quantitative estimate of drug-likeness (QED) is 0.0300. The number of aliphatic carboxylic acids is 4. The molecule has 17 heteroatoms. The van der Waals surface area contributed by atoms with E-state index >= 15 is 0 Å². The summed E-state index contributed by atoms with van der Waals surface area (Å²) >= 11 is 7.78. The summed E-state index contributed by atoms with van der Waals surface area (Å²) in [6.45, 7) is 0. The molecule has 0 atom stereocenters. The van der Waals surface area contributed by atoms with Gasteiger partial charge in [-0.3, -0.25) is 24.6 Å². The first-order valence-electron chi connectivity index (χ1n) is 26.0. The largest absolute Gasteiger partial charge is 0.481 e. The summed E-state index contributed by atoms with van der Waals surface area (Å²) in [5.41, 5.74) is 14.2. The number of benzene rings is 7. The number of hydrogen-bond acceptors (Lipinski definition) is 11. The average Bonchev–Trinajstić information content (AvgIpc) is 4.26. The van der Waals surface area contributed by atoms with Crippen LogP contribution < -0.4 is 20.5 Å². The van der Waals surface area contributed by atoms with E-state index in [-0.39, 0.29) is 31.0 Å². The molecule has 0 fully saturated rings. The Bertz CT molecular complexity index is 3830. The van der Waals surface area contributed by atoms with Crippen LogP contribution in [-0.2, 0) is 44.9 Å². The minimum absolute atomic E-state index is 0.00900. The van der Waals surface area contributed by atoms with Crippen molar-refractivity contribution in [2.45, 2.75) is 51.4 Å². The van der Waals surface area contributed by atoms with Gasteiger partial charge in [-0.15, -0.1) is 22.7 Å². The highest BCUT2D eigenvalue weighted by Gasteiger charge is 2.27. The van der Waals surface area contributed by atoms with Gasteiger partial charge >= 0.3 is 23.9 Å². The van der Waals surface area contributed by atoms with Crippen LogP contribution in [0.5, 0.6) is 0 Å². The summed E-state index contributed by atoms with van der Waals surface area (Å²) in [6.07, 6.45) is 1.58. The number of carbonyl (C=O) groups is 4. The van der Waals surface area contributed by atoms with Gasteiger partial charge in [0.1, 0.15) is 5.36 Å². The highest BCUT2D eigenvalue weighted by atomic mass is 32.1. The predicted octanol–water partition coefficient (Wildman–Crippen LogP) is 14.5. The number of hydrogen-bond donors (Lipinski definition) is 8. The molecule has 0 unspecified atom stereocenters. The van der Waals surface area contributed by atoms with Crippen molar-refractivity contribution >= 4 is 93.5 Å². The number of carboxylic acid groups (broad SMARTS) is 4. The van der Waals surface area contributed by atoms with Gasteiger partial charge in [0, 0.05) is 70.9 Å². The number of anilines is 6. The van der Waals surface area contributed by atoms with E-state index in [1.807, 2.05) is 168 Å². The third-order valence-corrected chi connectivity index (χ3v) is 16.0. The molecule has 0 saturated heterocycles. The van der Waals surface area contributed by atoms with Crippen LogP contribution in [0.15, 0.2) is 185 Å². The number of H-pyrrole nitrogens is 2. The third-order valence-electron chi connectivity index (χ3n) is 14.0. The predicted molar refractivity (Wildman–Crippen MR) is 323 cm³/mol. The van der Waals surface area contributed by atoms with Crippen molar-refractivity contribution in [1.82, 2.24) is 9.97 Å². The van der Waals surface area contributed by atoms with Crippen molar-refractivity contribution < 1.29 is 39.6 Å². The smallest absolute Gasteiger partial charge is 0.303 e. The molecule has 8 aromatic rings. The third kappa shape index (κ3) is 12.6. The fourth-order valence-electron chi connectivity index (χ4n) is 9.94. The minimum atomic E-state index is -0.871. The van der Waals surface area contributed by atoms with Gasteiger partial charge in [0.2, 0.25) is 0 Å². The first-order chi connectivity index (χ1) is 39.3. The van der Waals surface area contributed by atoms with E-state index in [9.17, 15) is 45.0 Å². The zero-order chi connectivity index (χ0) is 56.6. The molecule has 2 aliphatic rings. The minimum Gasteiger partial charge on any atom is -0.481 e. The second kappa shape index (κ2) is 24.8. The Balaban J connectivity index is 1.11. The van der Waals surface area contributed by atoms with Gasteiger partial charge in [0.05, 0.1) is 37.9 Å². The zero-order valence-electron chi connectivity index (χ0n) is 43.5. The molecule has 7 N–H and O–H groups in total. The van der Waals surface area contributed by atoms with Crippen molar-refractivity contribution in [3.63, 3.8) is 0 Å². The van der Waals surface area contributed by atoms with E-state index in [1.165, 1.54) is 0 Å². The normalized spacial score (nSPS) is 11.4. The summed E-state index contributed by atoms with van der Waals surface area (Å²) in [5.74, 6) is -3.48. The molecule has 1 aliphatic heterocycles. The molecule has 14 nitrogen and oxygen atoms in total. The lowest BCUT2D eigenvalue weighted by molar-refractivity contribution is -0.138. The molecule has 1 aliphatic carbocycles. The monoisotopic (exact) mass is 1130 g/mol. The van der Waals surface area contributed by atoms with E-state index in [1.54, 1.807) is 22.7 Å². The van der Waals surface area contributed by atoms with Gasteiger partial charge in [-0.2, -0.15) is 0 Å². The fraction of sp³-hybridized carbons (Fsp3) is 0.125. The fourth-order valence-corrected chi connectivity index (χ4v) is 11.6. The van der Waals surface area contributed by atoms with Gasteiger partial charge in [-0.25, -0.2) is 4.40 Å². The van der Waals surface area contributed by atoms with Crippen molar-refractivity contribution in [1.29, 1.82) is 5.41 Å². The van der Waals surface area contributed by atoms with E-state index < -0.39 is 23.9 Å². The van der Waals surface area contributed by atoms with E-state index in [2.05, 4.69) is 49.1 Å². The van der Waals surface area contributed by atoms with Crippen molar-refractivity contribution in [2.24, 2.45) is 4.40 Å². The van der Waals surface area contributed by atoms with E-state index in [0.29, 0.717) is 53.6 Å². The number of thiol groups is 1. The Labute approximate surface area is 479 Å². The Morgan fingerprint density at radius 2 is 0.704 bits per heavy atom. The SMILES string of the molecule is N=c1c(-c2ccc(N(c3ccc(CCC(=O)O)cc3)c3ccc(CCC(=O)O)cc3)cc2)c2[nH]c(-c3cccs3)c(-c3cccs3)[nH]c-2c(-c2ccc(N(c3ccc(CCC(=O)O)cc3)c3ccc(CCC(=O)O)cc3)cc2)c1=NS. The van der Waals surface area contributed by atoms with Gasteiger partial charge in [-0.1, -0.05) is 84.9 Å². The molecule has 6 aromatic carbocycles. The van der Waals surface area contributed by atoms with Gasteiger partial charge in [-0.05, 0) is 168 Å². The van der Waals surface area contributed by atoms with Crippen molar-refractivity contribution in [3.05, 3.63) is 214 Å². The van der Waals surface area contributed by atoms with E-state index in [4.69, 9.17) is 0 Å². The molecule has 0 bridgehead atoms. The maximum absolute atomic E-state index is 11.4. The second-order valence-electron chi connectivity index (χ2n) is 19.3. The second-order valence-corrected chi connectivity index (χ2v) is 21.4. The van der Waals surface area contributed by atoms with Crippen LogP contribution in [0, 0.1) is 5.41 Å². The molecular weight excluding hydrogens is 1080 g/mol. The summed E-state index contributed by atoms with van der Waals surface area (Å²) in [5, 5.41) is 52.0. The van der Waals surface area contributed by atoms with Crippen LogP contribution in [0.3, 0.4) is 0 Å². The van der Waals surface area contributed by atoms with Crippen LogP contribution in [0.4, 0.5) is 34.1 Å². The van der Waals surface area contributed by atoms with Crippen LogP contribution >= 0.6 is 35.5 Å². The Hall–Kier alpha value is -9.29. The molecule has 2 aromatic heterocycles. The number of aryl methyl sites for hydroxylation is 4. The van der Waals surface area contributed by atoms with Gasteiger partial charge in [0.15, 0.2) is 0 Å². The highest BCUT2D eigenvalue weighted by molar-refractivity contribution is 7.78. The molecule has 3 heterocycles. The molecule has 81 heavy (non-hydrogen) atoms. The molecule has 406 valence electrons. The number of nitrogens with zero attached hydrogens (tertiary/aromatic N) is 3. The maximum atomic E-state index is 11.4. The van der Waals surface area contributed by atoms with Gasteiger partial charge in [0.25, 0.3) is 0 Å². The number of rotatable bonds is 22. The van der Waals surface area contributed by atoms with Crippen LogP contribution in [-0.4, -0.2) is 54.3 Å². The number of fused-ring (bicyclic) bond motifs is 1. The number of thiophene rings is 2. The number of aromatic amines is 2. The Morgan fingerprint density at radius 3 is 0.975 bits per heavy atom. The van der Waals surface area contributed by atoms with Crippen LogP contribution in [0.25, 0.3) is 54.8 Å². The summed E-state index contributed by atoms with van der Waals surface area (Å²) in [6, 6.07) is 55.1. The lowest BCUT2D eigenvalue weighted by atomic mass is 9.91. The lowest BCUT2D eigenvalue weighted by Gasteiger charge is -2.27.